The topological polar surface area (TPSA) is 86.0 Å². The van der Waals surface area contributed by atoms with Crippen LogP contribution in [0.25, 0.3) is 5.78 Å². The van der Waals surface area contributed by atoms with Crippen LogP contribution in [0.4, 0.5) is 4.39 Å². The van der Waals surface area contributed by atoms with Crippen LogP contribution in [0.1, 0.15) is 49.7 Å². The highest BCUT2D eigenvalue weighted by Crippen LogP contribution is 2.58. The van der Waals surface area contributed by atoms with E-state index in [9.17, 15) is 14.3 Å². The van der Waals surface area contributed by atoms with Gasteiger partial charge in [0.05, 0.1) is 24.0 Å². The van der Waals surface area contributed by atoms with Crippen molar-refractivity contribution >= 4 is 11.7 Å². The molecule has 7 nitrogen and oxygen atoms in total. The van der Waals surface area contributed by atoms with E-state index in [1.165, 1.54) is 6.20 Å². The molecule has 2 aromatic rings. The quantitative estimate of drug-likeness (QED) is 0.862. The molecule has 0 atom stereocenters. The summed E-state index contributed by atoms with van der Waals surface area (Å²) in [6, 6.07) is 0. The summed E-state index contributed by atoms with van der Waals surface area (Å²) in [5.41, 5.74) is -0.252. The maximum atomic E-state index is 14.7. The lowest BCUT2D eigenvalue weighted by molar-refractivity contribution is 0.0154. The second kappa shape index (κ2) is 4.66. The molecule has 0 radical (unpaired) electrons. The number of aromatic carboxylic acids is 1. The molecule has 2 aromatic heterocycles. The number of imidazole rings is 1. The predicted octanol–water partition coefficient (Wildman–Crippen LogP) is 2.17. The maximum Gasteiger partial charge on any atom is 0.345 e. The first-order valence-electron chi connectivity index (χ1n) is 7.86. The molecular weight excluding hydrogens is 317 g/mol. The highest BCUT2D eigenvalue weighted by Gasteiger charge is 2.61. The van der Waals surface area contributed by atoms with Crippen molar-refractivity contribution in [2.75, 3.05) is 6.61 Å². The van der Waals surface area contributed by atoms with Crippen LogP contribution in [-0.2, 0) is 10.2 Å². The molecule has 5 rings (SSSR count). The summed E-state index contributed by atoms with van der Waals surface area (Å²) in [4.78, 5) is 20.0. The molecule has 8 heteroatoms. The molecule has 3 fully saturated rings. The number of nitrogens with zero attached hydrogens (tertiary/aromatic N) is 3. The Kier molecular flexibility index (Phi) is 2.97. The van der Waals surface area contributed by atoms with Crippen LogP contribution in [0.3, 0.4) is 0 Å². The molecule has 1 aliphatic carbocycles. The lowest BCUT2D eigenvalue weighted by Gasteiger charge is -2.41. The van der Waals surface area contributed by atoms with Gasteiger partial charge in [-0.15, -0.1) is 0 Å². The van der Waals surface area contributed by atoms with Crippen molar-refractivity contribution in [3.63, 3.8) is 0 Å². The third-order valence-electron chi connectivity index (χ3n) is 4.75. The molecular formula is C16H18FN3O4. The summed E-state index contributed by atoms with van der Waals surface area (Å²) in [6.45, 7) is 6.02. The molecule has 2 bridgehead atoms. The second-order valence-corrected chi connectivity index (χ2v) is 7.22. The Hall–Kier alpha value is -2.22. The molecule has 0 aromatic carbocycles. The van der Waals surface area contributed by atoms with Crippen molar-refractivity contribution < 1.29 is 23.8 Å². The molecule has 0 unspecified atom stereocenters. The minimum atomic E-state index is -1.42. The highest BCUT2D eigenvalue weighted by molar-refractivity contribution is 5.90. The van der Waals surface area contributed by atoms with Crippen LogP contribution in [0, 0.1) is 5.95 Å². The monoisotopic (exact) mass is 335 g/mol. The molecule has 0 amide bonds. The van der Waals surface area contributed by atoms with Crippen LogP contribution in [0.15, 0.2) is 6.20 Å². The minimum absolute atomic E-state index is 0.0954. The zero-order valence-electron chi connectivity index (χ0n) is 13.7. The molecule has 2 aliphatic heterocycles. The third kappa shape index (κ3) is 2.02. The lowest BCUT2D eigenvalue weighted by atomic mass is 9.62. The first-order valence-corrected chi connectivity index (χ1v) is 7.86. The number of carbonyl (C=O) groups is 1. The largest absolute Gasteiger partial charge is 0.477 e. The first kappa shape index (κ1) is 15.3. The number of halogens is 1. The lowest BCUT2D eigenvalue weighted by Crippen LogP contribution is -2.45. The van der Waals surface area contributed by atoms with Crippen molar-refractivity contribution in [1.29, 1.82) is 0 Å². The SMILES string of the molecule is CC(C)Oc1nc2nc(C34COC(C)(C3)C4)cn2c(F)c1C(=O)O. The van der Waals surface area contributed by atoms with E-state index in [1.54, 1.807) is 13.8 Å². The van der Waals surface area contributed by atoms with Gasteiger partial charge in [0.2, 0.25) is 17.6 Å². The van der Waals surface area contributed by atoms with E-state index in [0.717, 1.165) is 17.2 Å². The van der Waals surface area contributed by atoms with Gasteiger partial charge in [0, 0.05) is 11.6 Å². The van der Waals surface area contributed by atoms with Gasteiger partial charge in [0.15, 0.2) is 5.56 Å². The first-order chi connectivity index (χ1) is 11.2. The standard InChI is InChI=1S/C16H18FN3O4/c1-8(2)24-12-10(13(21)22)11(17)20-4-9(18-14(20)19-12)16-5-15(3,6-16)23-7-16/h4,8H,5-7H2,1-3H3,(H,21,22). The van der Waals surface area contributed by atoms with Crippen LogP contribution < -0.4 is 4.74 Å². The molecule has 24 heavy (non-hydrogen) atoms. The van der Waals surface area contributed by atoms with Gasteiger partial charge in [0.25, 0.3) is 0 Å². The zero-order valence-corrected chi connectivity index (χ0v) is 13.7. The van der Waals surface area contributed by atoms with E-state index in [4.69, 9.17) is 9.47 Å². The number of hydrogen-bond acceptors (Lipinski definition) is 5. The van der Waals surface area contributed by atoms with Gasteiger partial charge in [-0.2, -0.15) is 9.37 Å². The van der Waals surface area contributed by atoms with E-state index < -0.39 is 17.5 Å². The van der Waals surface area contributed by atoms with E-state index >= 15 is 0 Å². The summed E-state index contributed by atoms with van der Waals surface area (Å²) in [5, 5.41) is 9.32. The summed E-state index contributed by atoms with van der Waals surface area (Å²) in [7, 11) is 0. The van der Waals surface area contributed by atoms with Gasteiger partial charge >= 0.3 is 5.97 Å². The van der Waals surface area contributed by atoms with Crippen molar-refractivity contribution in [2.45, 2.75) is 50.7 Å². The second-order valence-electron chi connectivity index (χ2n) is 7.22. The number of aromatic nitrogens is 3. The predicted molar refractivity (Wildman–Crippen MR) is 80.9 cm³/mol. The fourth-order valence-corrected chi connectivity index (χ4v) is 3.84. The minimum Gasteiger partial charge on any atom is -0.477 e. The van der Waals surface area contributed by atoms with Crippen molar-refractivity contribution in [1.82, 2.24) is 14.4 Å². The molecule has 4 heterocycles. The highest BCUT2D eigenvalue weighted by atomic mass is 19.1. The molecule has 0 spiro atoms. The normalized spacial score (nSPS) is 28.4. The molecule has 3 aliphatic rings. The maximum absolute atomic E-state index is 14.7. The summed E-state index contributed by atoms with van der Waals surface area (Å²) in [5.74, 6) is -2.51. The number of rotatable bonds is 4. The number of ether oxygens (including phenoxy) is 2. The van der Waals surface area contributed by atoms with Crippen molar-refractivity contribution in [3.8, 4) is 5.88 Å². The van der Waals surface area contributed by atoms with E-state index in [-0.39, 0.29) is 28.8 Å². The molecule has 2 saturated heterocycles. The van der Waals surface area contributed by atoms with Gasteiger partial charge in [0.1, 0.15) is 0 Å². The number of hydrogen-bond donors (Lipinski definition) is 1. The smallest absolute Gasteiger partial charge is 0.345 e. The fraction of sp³-hybridized carbons (Fsp3) is 0.562. The van der Waals surface area contributed by atoms with Crippen molar-refractivity contribution in [2.24, 2.45) is 0 Å². The Bertz CT molecular complexity index is 855. The molecule has 128 valence electrons. The number of carboxylic acids is 1. The molecule has 1 saturated carbocycles. The average Bonchev–Trinajstić information content (AvgIpc) is 3.08. The Morgan fingerprint density at radius 2 is 2.17 bits per heavy atom. The summed E-state index contributed by atoms with van der Waals surface area (Å²) in [6.07, 6.45) is 2.85. The average molecular weight is 335 g/mol. The van der Waals surface area contributed by atoms with Crippen molar-refractivity contribution in [3.05, 3.63) is 23.4 Å². The van der Waals surface area contributed by atoms with Crippen LogP contribution in [-0.4, -0.2) is 43.8 Å². The van der Waals surface area contributed by atoms with Gasteiger partial charge in [-0.1, -0.05) is 0 Å². The zero-order chi connectivity index (χ0) is 17.3. The number of fused-ring (bicyclic) bond motifs is 2. The number of carboxylic acid groups (broad SMARTS) is 1. The van der Waals surface area contributed by atoms with Crippen LogP contribution in [0.5, 0.6) is 5.88 Å². The summed E-state index contributed by atoms with van der Waals surface area (Å²) < 4.78 is 26.9. The van der Waals surface area contributed by atoms with E-state index in [1.807, 2.05) is 6.92 Å². The Labute approximate surface area is 137 Å². The molecule has 1 N–H and O–H groups in total. The van der Waals surface area contributed by atoms with Gasteiger partial charge < -0.3 is 14.6 Å². The van der Waals surface area contributed by atoms with E-state index in [0.29, 0.717) is 12.3 Å². The van der Waals surface area contributed by atoms with Gasteiger partial charge in [-0.05, 0) is 33.6 Å². The van der Waals surface area contributed by atoms with E-state index in [2.05, 4.69) is 9.97 Å². The Morgan fingerprint density at radius 1 is 1.46 bits per heavy atom. The Balaban J connectivity index is 1.85. The summed E-state index contributed by atoms with van der Waals surface area (Å²) >= 11 is 0. The van der Waals surface area contributed by atoms with Gasteiger partial charge in [-0.3, -0.25) is 4.40 Å². The fourth-order valence-electron chi connectivity index (χ4n) is 3.84. The third-order valence-corrected chi connectivity index (χ3v) is 4.75. The van der Waals surface area contributed by atoms with Crippen LogP contribution in [0.2, 0.25) is 0 Å². The Morgan fingerprint density at radius 3 is 2.71 bits per heavy atom. The van der Waals surface area contributed by atoms with Gasteiger partial charge in [-0.25, -0.2) is 9.78 Å². The van der Waals surface area contributed by atoms with Crippen LogP contribution >= 0.6 is 0 Å².